The first-order valence-electron chi connectivity index (χ1n) is 5.06. The third-order valence-corrected chi connectivity index (χ3v) is 2.56. The van der Waals surface area contributed by atoms with Crippen LogP contribution in [0.25, 0.3) is 0 Å². The minimum absolute atomic E-state index is 0.00996. The normalized spacial score (nSPS) is 18.6. The molecule has 1 aliphatic heterocycles. The number of fused-ring (bicyclic) bond motifs is 1. The second kappa shape index (κ2) is 4.35. The maximum absolute atomic E-state index is 11.7. The molecule has 84 valence electrons. The molecule has 1 aliphatic rings. The number of rotatable bonds is 3. The lowest BCUT2D eigenvalue weighted by Crippen LogP contribution is -2.27. The van der Waals surface area contributed by atoms with Crippen molar-refractivity contribution < 1.29 is 19.1 Å². The Morgan fingerprint density at radius 1 is 1.56 bits per heavy atom. The molecule has 1 aromatic rings. The summed E-state index contributed by atoms with van der Waals surface area (Å²) in [6.07, 6.45) is 0.924. The summed E-state index contributed by atoms with van der Waals surface area (Å²) in [6, 6.07) is 5.08. The van der Waals surface area contributed by atoms with Gasteiger partial charge in [0.05, 0.1) is 12.7 Å². The molecule has 16 heavy (non-hydrogen) atoms. The molecule has 1 unspecified atom stereocenters. The summed E-state index contributed by atoms with van der Waals surface area (Å²) in [5.41, 5.74) is 0.558. The molecule has 1 heterocycles. The predicted molar refractivity (Wildman–Crippen MR) is 57.0 cm³/mol. The SMILES string of the molecule is COc1ccc2c(c1)OC(CC=O)CC2=O. The molecule has 0 radical (unpaired) electrons. The largest absolute Gasteiger partial charge is 0.497 e. The van der Waals surface area contributed by atoms with E-state index in [1.165, 1.54) is 0 Å². The van der Waals surface area contributed by atoms with E-state index >= 15 is 0 Å². The van der Waals surface area contributed by atoms with Crippen molar-refractivity contribution in [2.75, 3.05) is 7.11 Å². The van der Waals surface area contributed by atoms with Crippen molar-refractivity contribution in [3.63, 3.8) is 0 Å². The van der Waals surface area contributed by atoms with Crippen molar-refractivity contribution in [1.29, 1.82) is 0 Å². The Kier molecular flexibility index (Phi) is 2.90. The molecular weight excluding hydrogens is 208 g/mol. The van der Waals surface area contributed by atoms with Crippen LogP contribution in [0.4, 0.5) is 0 Å². The first kappa shape index (κ1) is 10.7. The smallest absolute Gasteiger partial charge is 0.170 e. The van der Waals surface area contributed by atoms with E-state index in [0.29, 0.717) is 17.1 Å². The average Bonchev–Trinajstić information content (AvgIpc) is 2.28. The molecule has 0 saturated heterocycles. The molecule has 1 aromatic carbocycles. The zero-order valence-corrected chi connectivity index (χ0v) is 8.93. The fourth-order valence-corrected chi connectivity index (χ4v) is 1.73. The number of carbonyl (C=O) groups is 2. The summed E-state index contributed by atoms with van der Waals surface area (Å²) in [5.74, 6) is 1.15. The number of hydrogen-bond donors (Lipinski definition) is 0. The van der Waals surface area contributed by atoms with Gasteiger partial charge in [-0.1, -0.05) is 0 Å². The Hall–Kier alpha value is -1.84. The third kappa shape index (κ3) is 1.91. The summed E-state index contributed by atoms with van der Waals surface area (Å²) in [5, 5.41) is 0. The van der Waals surface area contributed by atoms with E-state index in [1.54, 1.807) is 25.3 Å². The van der Waals surface area contributed by atoms with Gasteiger partial charge in [0.2, 0.25) is 0 Å². The summed E-state index contributed by atoms with van der Waals surface area (Å²) in [7, 11) is 1.55. The van der Waals surface area contributed by atoms with Gasteiger partial charge in [-0.25, -0.2) is 0 Å². The number of carbonyl (C=O) groups excluding carboxylic acids is 2. The number of Topliss-reactive ketones (excluding diaryl/α,β-unsaturated/α-hetero) is 1. The summed E-state index contributed by atoms with van der Waals surface area (Å²) >= 11 is 0. The minimum atomic E-state index is -0.343. The fraction of sp³-hybridized carbons (Fsp3) is 0.333. The summed E-state index contributed by atoms with van der Waals surface area (Å²) in [6.45, 7) is 0. The number of hydrogen-bond acceptors (Lipinski definition) is 4. The molecule has 0 aliphatic carbocycles. The van der Waals surface area contributed by atoms with E-state index in [9.17, 15) is 9.59 Å². The highest BCUT2D eigenvalue weighted by Gasteiger charge is 2.26. The molecule has 4 nitrogen and oxygen atoms in total. The van der Waals surface area contributed by atoms with E-state index in [4.69, 9.17) is 9.47 Å². The van der Waals surface area contributed by atoms with Gasteiger partial charge in [0.25, 0.3) is 0 Å². The fourth-order valence-electron chi connectivity index (χ4n) is 1.73. The lowest BCUT2D eigenvalue weighted by atomic mass is 9.99. The van der Waals surface area contributed by atoms with Gasteiger partial charge in [-0.15, -0.1) is 0 Å². The standard InChI is InChI=1S/C12H12O4/c1-15-8-2-3-10-11(14)6-9(4-5-13)16-12(10)7-8/h2-3,5,7,9H,4,6H2,1H3. The Bertz CT molecular complexity index is 425. The maximum atomic E-state index is 11.7. The van der Waals surface area contributed by atoms with Crippen LogP contribution in [0.2, 0.25) is 0 Å². The van der Waals surface area contributed by atoms with Gasteiger partial charge >= 0.3 is 0 Å². The lowest BCUT2D eigenvalue weighted by Gasteiger charge is -2.24. The number of ether oxygens (including phenoxy) is 2. The zero-order chi connectivity index (χ0) is 11.5. The monoisotopic (exact) mass is 220 g/mol. The van der Waals surface area contributed by atoms with E-state index < -0.39 is 0 Å². The highest BCUT2D eigenvalue weighted by atomic mass is 16.5. The molecule has 0 N–H and O–H groups in total. The first-order chi connectivity index (χ1) is 7.74. The molecule has 0 amide bonds. The molecular formula is C12H12O4. The molecule has 0 bridgehead atoms. The van der Waals surface area contributed by atoms with Crippen molar-refractivity contribution >= 4 is 12.1 Å². The predicted octanol–water partition coefficient (Wildman–Crippen LogP) is 1.62. The van der Waals surface area contributed by atoms with Gasteiger partial charge in [-0.3, -0.25) is 4.79 Å². The van der Waals surface area contributed by atoms with Crippen LogP contribution in [0, 0.1) is 0 Å². The highest BCUT2D eigenvalue weighted by Crippen LogP contribution is 2.31. The van der Waals surface area contributed by atoms with Gasteiger partial charge in [0.15, 0.2) is 5.78 Å². The maximum Gasteiger partial charge on any atom is 0.170 e. The highest BCUT2D eigenvalue weighted by molar-refractivity contribution is 6.00. The van der Waals surface area contributed by atoms with E-state index in [0.717, 1.165) is 6.29 Å². The van der Waals surface area contributed by atoms with Gasteiger partial charge < -0.3 is 14.3 Å². The zero-order valence-electron chi connectivity index (χ0n) is 8.93. The van der Waals surface area contributed by atoms with Crippen molar-refractivity contribution in [2.45, 2.75) is 18.9 Å². The third-order valence-electron chi connectivity index (χ3n) is 2.56. The van der Waals surface area contributed by atoms with Crippen molar-refractivity contribution in [3.05, 3.63) is 23.8 Å². The molecule has 0 saturated carbocycles. The van der Waals surface area contributed by atoms with Crippen LogP contribution in [0.3, 0.4) is 0 Å². The summed E-state index contributed by atoms with van der Waals surface area (Å²) < 4.78 is 10.6. The number of methoxy groups -OCH3 is 1. The van der Waals surface area contributed by atoms with Crippen LogP contribution < -0.4 is 9.47 Å². The van der Waals surface area contributed by atoms with Crippen LogP contribution in [0.5, 0.6) is 11.5 Å². The van der Waals surface area contributed by atoms with Gasteiger partial charge in [-0.05, 0) is 12.1 Å². The lowest BCUT2D eigenvalue weighted by molar-refractivity contribution is -0.109. The minimum Gasteiger partial charge on any atom is -0.497 e. The topological polar surface area (TPSA) is 52.6 Å². The first-order valence-corrected chi connectivity index (χ1v) is 5.06. The second-order valence-electron chi connectivity index (χ2n) is 3.63. The van der Waals surface area contributed by atoms with E-state index in [1.807, 2.05) is 0 Å². The Balaban J connectivity index is 2.31. The van der Waals surface area contributed by atoms with Gasteiger partial charge in [0, 0.05) is 18.9 Å². The van der Waals surface area contributed by atoms with Crippen LogP contribution in [0.1, 0.15) is 23.2 Å². The van der Waals surface area contributed by atoms with E-state index in [2.05, 4.69) is 0 Å². The molecule has 0 spiro atoms. The second-order valence-corrected chi connectivity index (χ2v) is 3.63. The van der Waals surface area contributed by atoms with E-state index in [-0.39, 0.29) is 24.7 Å². The molecule has 1 atom stereocenters. The molecule has 4 heteroatoms. The Morgan fingerprint density at radius 3 is 3.06 bits per heavy atom. The Morgan fingerprint density at radius 2 is 2.38 bits per heavy atom. The van der Waals surface area contributed by atoms with Gasteiger partial charge in [0.1, 0.15) is 23.9 Å². The Labute approximate surface area is 93.2 Å². The molecule has 0 fully saturated rings. The molecule has 2 rings (SSSR count). The average molecular weight is 220 g/mol. The van der Waals surface area contributed by atoms with Crippen LogP contribution in [-0.2, 0) is 4.79 Å². The summed E-state index contributed by atoms with van der Waals surface area (Å²) in [4.78, 5) is 22.1. The van der Waals surface area contributed by atoms with Crippen LogP contribution in [0.15, 0.2) is 18.2 Å². The number of aldehydes is 1. The number of benzene rings is 1. The van der Waals surface area contributed by atoms with Crippen molar-refractivity contribution in [2.24, 2.45) is 0 Å². The molecule has 0 aromatic heterocycles. The van der Waals surface area contributed by atoms with Crippen LogP contribution in [-0.4, -0.2) is 25.3 Å². The quantitative estimate of drug-likeness (QED) is 0.726. The number of ketones is 1. The van der Waals surface area contributed by atoms with Gasteiger partial charge in [-0.2, -0.15) is 0 Å². The van der Waals surface area contributed by atoms with Crippen molar-refractivity contribution in [3.8, 4) is 11.5 Å². The van der Waals surface area contributed by atoms with Crippen LogP contribution >= 0.6 is 0 Å². The van der Waals surface area contributed by atoms with Crippen molar-refractivity contribution in [1.82, 2.24) is 0 Å².